The van der Waals surface area contributed by atoms with E-state index in [0.717, 1.165) is 10.8 Å². The van der Waals surface area contributed by atoms with Crippen molar-refractivity contribution in [1.29, 1.82) is 0 Å². The summed E-state index contributed by atoms with van der Waals surface area (Å²) in [7, 11) is 0. The number of ether oxygens (including phenoxy) is 2. The molecule has 6 nitrogen and oxygen atoms in total. The monoisotopic (exact) mass is 420 g/mol. The largest absolute Gasteiger partial charge is 0.481 e. The molecule has 0 aliphatic carbocycles. The minimum Gasteiger partial charge on any atom is -0.481 e. The van der Waals surface area contributed by atoms with Crippen LogP contribution in [-0.2, 0) is 9.59 Å². The molecule has 0 spiro atoms. The van der Waals surface area contributed by atoms with Crippen LogP contribution in [0.25, 0.3) is 10.8 Å². The summed E-state index contributed by atoms with van der Waals surface area (Å²) in [6, 6.07) is 21.1. The summed E-state index contributed by atoms with van der Waals surface area (Å²) in [5.74, 6) is 0.665. The number of carbonyl (C=O) groups excluding carboxylic acids is 2. The lowest BCUT2D eigenvalue weighted by molar-refractivity contribution is -0.135. The standard InChI is InChI=1S/C25H28N2O4/c1-16(2)19-9-12-22(13-10-19)30-17(3)24(28)26-27-25(29)18(4)31-23-14-11-20-7-5-6-8-21(20)15-23/h5-18H,1-4H3,(H,26,28)(H,27,29). The molecule has 3 aromatic carbocycles. The predicted octanol–water partition coefficient (Wildman–Crippen LogP) is 4.35. The molecule has 0 fully saturated rings. The fourth-order valence-electron chi connectivity index (χ4n) is 3.01. The molecule has 0 aliphatic rings. The molecule has 6 heteroatoms. The van der Waals surface area contributed by atoms with E-state index in [1.165, 1.54) is 5.56 Å². The first-order valence-electron chi connectivity index (χ1n) is 10.4. The maximum absolute atomic E-state index is 12.3. The molecule has 0 heterocycles. The Kier molecular flexibility index (Phi) is 7.13. The molecular weight excluding hydrogens is 392 g/mol. The third kappa shape index (κ3) is 5.98. The highest BCUT2D eigenvalue weighted by Crippen LogP contribution is 2.21. The van der Waals surface area contributed by atoms with E-state index >= 15 is 0 Å². The van der Waals surface area contributed by atoms with Crippen molar-refractivity contribution in [2.75, 3.05) is 0 Å². The number of nitrogens with one attached hydrogen (secondary N) is 2. The van der Waals surface area contributed by atoms with Crippen molar-refractivity contribution in [2.45, 2.75) is 45.8 Å². The molecule has 162 valence electrons. The molecule has 2 atom stereocenters. The smallest absolute Gasteiger partial charge is 0.279 e. The van der Waals surface area contributed by atoms with Crippen molar-refractivity contribution in [3.05, 3.63) is 72.3 Å². The van der Waals surface area contributed by atoms with E-state index in [1.54, 1.807) is 13.8 Å². The van der Waals surface area contributed by atoms with Gasteiger partial charge in [0.25, 0.3) is 11.8 Å². The molecule has 3 rings (SSSR count). The van der Waals surface area contributed by atoms with Crippen LogP contribution in [0.4, 0.5) is 0 Å². The van der Waals surface area contributed by atoms with Gasteiger partial charge in [-0.25, -0.2) is 0 Å². The number of hydrogen-bond acceptors (Lipinski definition) is 4. The van der Waals surface area contributed by atoms with Gasteiger partial charge in [0.15, 0.2) is 12.2 Å². The van der Waals surface area contributed by atoms with Gasteiger partial charge in [0.05, 0.1) is 0 Å². The molecule has 3 aromatic rings. The first-order valence-corrected chi connectivity index (χ1v) is 10.4. The van der Waals surface area contributed by atoms with Crippen LogP contribution in [0.1, 0.15) is 39.2 Å². The summed E-state index contributed by atoms with van der Waals surface area (Å²) < 4.78 is 11.4. The minimum atomic E-state index is -0.790. The van der Waals surface area contributed by atoms with Crippen molar-refractivity contribution in [3.8, 4) is 11.5 Å². The molecule has 2 amide bonds. The Hall–Kier alpha value is -3.54. The minimum absolute atomic E-state index is 0.420. The molecule has 0 saturated carbocycles. The van der Waals surface area contributed by atoms with Crippen LogP contribution >= 0.6 is 0 Å². The van der Waals surface area contributed by atoms with Crippen molar-refractivity contribution >= 4 is 22.6 Å². The normalized spacial score (nSPS) is 12.8. The average molecular weight is 421 g/mol. The molecule has 2 unspecified atom stereocenters. The Bertz CT molecular complexity index is 1050. The first-order chi connectivity index (χ1) is 14.8. The van der Waals surface area contributed by atoms with E-state index in [0.29, 0.717) is 17.4 Å². The predicted molar refractivity (Wildman–Crippen MR) is 121 cm³/mol. The highest BCUT2D eigenvalue weighted by atomic mass is 16.5. The van der Waals surface area contributed by atoms with E-state index < -0.39 is 24.0 Å². The van der Waals surface area contributed by atoms with Crippen molar-refractivity contribution in [2.24, 2.45) is 0 Å². The Labute approximate surface area is 182 Å². The third-order valence-corrected chi connectivity index (χ3v) is 4.94. The molecule has 0 saturated heterocycles. The Morgan fingerprint density at radius 2 is 1.19 bits per heavy atom. The average Bonchev–Trinajstić information content (AvgIpc) is 2.77. The number of amides is 2. The van der Waals surface area contributed by atoms with Gasteiger partial charge in [-0.15, -0.1) is 0 Å². The van der Waals surface area contributed by atoms with Gasteiger partial charge in [0.2, 0.25) is 0 Å². The molecule has 0 aliphatic heterocycles. The SMILES string of the molecule is CC(Oc1ccc(C(C)C)cc1)C(=O)NNC(=O)C(C)Oc1ccc2ccccc2c1. The Balaban J connectivity index is 1.48. The van der Waals surface area contributed by atoms with Gasteiger partial charge >= 0.3 is 0 Å². The lowest BCUT2D eigenvalue weighted by atomic mass is 10.0. The van der Waals surface area contributed by atoms with Gasteiger partial charge in [-0.1, -0.05) is 56.3 Å². The molecule has 31 heavy (non-hydrogen) atoms. The number of fused-ring (bicyclic) bond motifs is 1. The van der Waals surface area contributed by atoms with Gasteiger partial charge in [0.1, 0.15) is 11.5 Å². The fraction of sp³-hybridized carbons (Fsp3) is 0.280. The number of benzene rings is 3. The Morgan fingerprint density at radius 1 is 0.677 bits per heavy atom. The van der Waals surface area contributed by atoms with Gasteiger partial charge in [0, 0.05) is 0 Å². The lowest BCUT2D eigenvalue weighted by Crippen LogP contribution is -2.50. The van der Waals surface area contributed by atoms with Crippen LogP contribution < -0.4 is 20.3 Å². The van der Waals surface area contributed by atoms with E-state index in [4.69, 9.17) is 9.47 Å². The van der Waals surface area contributed by atoms with Crippen LogP contribution in [0.15, 0.2) is 66.7 Å². The highest BCUT2D eigenvalue weighted by molar-refractivity contribution is 5.87. The second kappa shape index (κ2) is 9.98. The second-order valence-electron chi connectivity index (χ2n) is 7.73. The zero-order valence-electron chi connectivity index (χ0n) is 18.2. The second-order valence-corrected chi connectivity index (χ2v) is 7.73. The van der Waals surface area contributed by atoms with Crippen LogP contribution in [0.3, 0.4) is 0 Å². The first kappa shape index (κ1) is 22.2. The van der Waals surface area contributed by atoms with Gasteiger partial charge in [-0.3, -0.25) is 20.4 Å². The van der Waals surface area contributed by atoms with Crippen molar-refractivity contribution in [1.82, 2.24) is 10.9 Å². The molecule has 0 bridgehead atoms. The summed E-state index contributed by atoms with van der Waals surface area (Å²) in [6.45, 7) is 7.46. The maximum Gasteiger partial charge on any atom is 0.279 e. The number of carbonyl (C=O) groups is 2. The summed E-state index contributed by atoms with van der Waals surface area (Å²) in [5.41, 5.74) is 5.96. The molecular formula is C25H28N2O4. The van der Waals surface area contributed by atoms with Crippen LogP contribution in [0.2, 0.25) is 0 Å². The zero-order chi connectivity index (χ0) is 22.4. The summed E-state index contributed by atoms with van der Waals surface area (Å²) in [4.78, 5) is 24.6. The van der Waals surface area contributed by atoms with E-state index in [-0.39, 0.29) is 0 Å². The van der Waals surface area contributed by atoms with E-state index in [1.807, 2.05) is 66.7 Å². The van der Waals surface area contributed by atoms with Crippen molar-refractivity contribution < 1.29 is 19.1 Å². The number of hydrazine groups is 1. The van der Waals surface area contributed by atoms with Crippen LogP contribution in [0, 0.1) is 0 Å². The number of rotatable bonds is 7. The van der Waals surface area contributed by atoms with E-state index in [9.17, 15) is 9.59 Å². The lowest BCUT2D eigenvalue weighted by Gasteiger charge is -2.18. The Morgan fingerprint density at radius 3 is 1.77 bits per heavy atom. The van der Waals surface area contributed by atoms with Crippen LogP contribution in [-0.4, -0.2) is 24.0 Å². The van der Waals surface area contributed by atoms with Gasteiger partial charge < -0.3 is 9.47 Å². The van der Waals surface area contributed by atoms with Gasteiger partial charge in [-0.05, 0) is 60.4 Å². The fourth-order valence-corrected chi connectivity index (χ4v) is 3.01. The number of hydrogen-bond donors (Lipinski definition) is 2. The van der Waals surface area contributed by atoms with Gasteiger partial charge in [-0.2, -0.15) is 0 Å². The highest BCUT2D eigenvalue weighted by Gasteiger charge is 2.19. The molecule has 0 radical (unpaired) electrons. The topological polar surface area (TPSA) is 76.7 Å². The van der Waals surface area contributed by atoms with E-state index in [2.05, 4.69) is 24.7 Å². The molecule has 2 N–H and O–H groups in total. The van der Waals surface area contributed by atoms with Crippen LogP contribution in [0.5, 0.6) is 11.5 Å². The zero-order valence-corrected chi connectivity index (χ0v) is 18.2. The maximum atomic E-state index is 12.3. The quantitative estimate of drug-likeness (QED) is 0.558. The summed E-state index contributed by atoms with van der Waals surface area (Å²) in [6.07, 6.45) is -1.57. The van der Waals surface area contributed by atoms with Crippen molar-refractivity contribution in [3.63, 3.8) is 0 Å². The third-order valence-electron chi connectivity index (χ3n) is 4.94. The molecule has 0 aromatic heterocycles. The summed E-state index contributed by atoms with van der Waals surface area (Å²) in [5, 5.41) is 2.11. The summed E-state index contributed by atoms with van der Waals surface area (Å²) >= 11 is 0.